The number of aromatic nitrogens is 5. The van der Waals surface area contributed by atoms with Gasteiger partial charge in [0.05, 0.1) is 12.2 Å². The topological polar surface area (TPSA) is 68.8 Å². The van der Waals surface area contributed by atoms with E-state index in [-0.39, 0.29) is 11.9 Å². The lowest BCUT2D eigenvalue weighted by Crippen LogP contribution is -2.41. The van der Waals surface area contributed by atoms with Gasteiger partial charge in [-0.25, -0.2) is 9.67 Å². The van der Waals surface area contributed by atoms with Gasteiger partial charge in [0.1, 0.15) is 12.7 Å². The van der Waals surface area contributed by atoms with Crippen molar-refractivity contribution in [2.75, 3.05) is 13.1 Å². The van der Waals surface area contributed by atoms with Gasteiger partial charge in [-0.15, -0.1) is 0 Å². The molecule has 0 aromatic carbocycles. The van der Waals surface area contributed by atoms with Gasteiger partial charge in [0.2, 0.25) is 5.91 Å². The Kier molecular flexibility index (Phi) is 3.98. The highest BCUT2D eigenvalue weighted by Crippen LogP contribution is 2.20. The van der Waals surface area contributed by atoms with Gasteiger partial charge in [0, 0.05) is 32.3 Å². The molecule has 0 spiro atoms. The molecule has 0 saturated carbocycles. The van der Waals surface area contributed by atoms with Crippen molar-refractivity contribution in [3.05, 3.63) is 30.6 Å². The molecule has 1 saturated heterocycles. The minimum atomic E-state index is 0.188. The summed E-state index contributed by atoms with van der Waals surface area (Å²) in [6.07, 6.45) is 9.59. The van der Waals surface area contributed by atoms with Crippen LogP contribution in [0.2, 0.25) is 0 Å². The second kappa shape index (κ2) is 6.07. The van der Waals surface area contributed by atoms with Crippen molar-refractivity contribution < 1.29 is 4.79 Å². The van der Waals surface area contributed by atoms with Crippen molar-refractivity contribution in [3.63, 3.8) is 0 Å². The van der Waals surface area contributed by atoms with Crippen LogP contribution < -0.4 is 0 Å². The molecule has 3 heterocycles. The molecular weight excluding hydrogens is 268 g/mol. The Morgan fingerprint density at radius 1 is 1.43 bits per heavy atom. The summed E-state index contributed by atoms with van der Waals surface area (Å²) in [5, 5.41) is 8.40. The molecule has 21 heavy (non-hydrogen) atoms. The second-order valence-corrected chi connectivity index (χ2v) is 5.54. The maximum Gasteiger partial charge on any atom is 0.224 e. The Balaban J connectivity index is 1.54. The van der Waals surface area contributed by atoms with E-state index in [2.05, 4.69) is 15.2 Å². The van der Waals surface area contributed by atoms with Gasteiger partial charge in [0.15, 0.2) is 0 Å². The number of likely N-dealkylation sites (tertiary alicyclic amines) is 1. The highest BCUT2D eigenvalue weighted by molar-refractivity contribution is 5.76. The van der Waals surface area contributed by atoms with E-state index in [0.29, 0.717) is 13.0 Å². The molecule has 1 amide bonds. The minimum absolute atomic E-state index is 0.188. The number of aryl methyl sites for hydroxylation is 2. The van der Waals surface area contributed by atoms with E-state index in [4.69, 9.17) is 0 Å². The van der Waals surface area contributed by atoms with Crippen molar-refractivity contribution in [3.8, 4) is 0 Å². The lowest BCUT2D eigenvalue weighted by atomic mass is 10.1. The summed E-state index contributed by atoms with van der Waals surface area (Å²) in [6, 6.07) is 0.247. The Bertz CT molecular complexity index is 590. The highest BCUT2D eigenvalue weighted by atomic mass is 16.2. The molecule has 0 N–H and O–H groups in total. The predicted molar refractivity (Wildman–Crippen MR) is 76.5 cm³/mol. The first-order valence-corrected chi connectivity index (χ1v) is 7.33. The number of amides is 1. The van der Waals surface area contributed by atoms with Crippen LogP contribution in [0, 0.1) is 6.92 Å². The van der Waals surface area contributed by atoms with Crippen LogP contribution >= 0.6 is 0 Å². The number of carbonyl (C=O) groups excluding carboxylic acids is 1. The Morgan fingerprint density at radius 3 is 3.05 bits per heavy atom. The van der Waals surface area contributed by atoms with Crippen molar-refractivity contribution in [1.29, 1.82) is 0 Å². The fraction of sp³-hybridized carbons (Fsp3) is 0.571. The Labute approximate surface area is 123 Å². The van der Waals surface area contributed by atoms with Crippen LogP contribution in [0.25, 0.3) is 0 Å². The van der Waals surface area contributed by atoms with E-state index >= 15 is 0 Å². The third-order valence-corrected chi connectivity index (χ3v) is 3.88. The summed E-state index contributed by atoms with van der Waals surface area (Å²) in [6.45, 7) is 4.19. The van der Waals surface area contributed by atoms with Gasteiger partial charge < -0.3 is 4.90 Å². The summed E-state index contributed by atoms with van der Waals surface area (Å²) in [7, 11) is 0. The van der Waals surface area contributed by atoms with E-state index in [1.165, 1.54) is 0 Å². The number of hydrogen-bond acceptors (Lipinski definition) is 4. The zero-order valence-corrected chi connectivity index (χ0v) is 12.2. The largest absolute Gasteiger partial charge is 0.340 e. The van der Waals surface area contributed by atoms with Crippen LogP contribution in [0.1, 0.15) is 30.9 Å². The first-order chi connectivity index (χ1) is 10.2. The maximum absolute atomic E-state index is 12.3. The molecule has 3 rings (SSSR count). The number of rotatable bonds is 4. The van der Waals surface area contributed by atoms with E-state index in [1.54, 1.807) is 12.7 Å². The zero-order chi connectivity index (χ0) is 14.7. The first kappa shape index (κ1) is 13.8. The minimum Gasteiger partial charge on any atom is -0.340 e. The molecule has 0 aliphatic carbocycles. The molecule has 1 aliphatic heterocycles. The van der Waals surface area contributed by atoms with Crippen LogP contribution in [0.5, 0.6) is 0 Å². The third kappa shape index (κ3) is 3.29. The summed E-state index contributed by atoms with van der Waals surface area (Å²) >= 11 is 0. The van der Waals surface area contributed by atoms with Crippen molar-refractivity contribution in [1.82, 2.24) is 29.4 Å². The van der Waals surface area contributed by atoms with Gasteiger partial charge in [-0.1, -0.05) is 0 Å². The Morgan fingerprint density at radius 2 is 2.33 bits per heavy atom. The van der Waals surface area contributed by atoms with E-state index in [0.717, 1.165) is 31.5 Å². The van der Waals surface area contributed by atoms with Crippen LogP contribution in [0.15, 0.2) is 25.0 Å². The SMILES string of the molecule is Cc1cnn(CCC(=O)N2CCCC(n3cncn3)C2)c1. The van der Waals surface area contributed by atoms with Gasteiger partial charge in [-0.2, -0.15) is 10.2 Å². The van der Waals surface area contributed by atoms with Gasteiger partial charge >= 0.3 is 0 Å². The summed E-state index contributed by atoms with van der Waals surface area (Å²) < 4.78 is 3.68. The monoisotopic (exact) mass is 288 g/mol. The predicted octanol–water partition coefficient (Wildman–Crippen LogP) is 1.04. The molecule has 112 valence electrons. The number of hydrogen-bond donors (Lipinski definition) is 0. The van der Waals surface area contributed by atoms with E-state index in [1.807, 2.05) is 33.6 Å². The first-order valence-electron chi connectivity index (χ1n) is 7.33. The number of piperidine rings is 1. The molecule has 2 aromatic heterocycles. The average Bonchev–Trinajstić information content (AvgIpc) is 3.16. The molecular formula is C14H20N6O. The lowest BCUT2D eigenvalue weighted by molar-refractivity contribution is -0.133. The van der Waals surface area contributed by atoms with Crippen molar-refractivity contribution in [2.24, 2.45) is 0 Å². The van der Waals surface area contributed by atoms with Crippen molar-refractivity contribution in [2.45, 2.75) is 38.8 Å². The van der Waals surface area contributed by atoms with Crippen molar-refractivity contribution >= 4 is 5.91 Å². The maximum atomic E-state index is 12.3. The summed E-state index contributed by atoms with van der Waals surface area (Å²) in [5.74, 6) is 0.188. The lowest BCUT2D eigenvalue weighted by Gasteiger charge is -2.32. The van der Waals surface area contributed by atoms with E-state index < -0.39 is 0 Å². The van der Waals surface area contributed by atoms with Gasteiger partial charge in [-0.3, -0.25) is 9.48 Å². The van der Waals surface area contributed by atoms with Gasteiger partial charge in [0.25, 0.3) is 0 Å². The highest BCUT2D eigenvalue weighted by Gasteiger charge is 2.24. The van der Waals surface area contributed by atoms with Gasteiger partial charge in [-0.05, 0) is 25.3 Å². The smallest absolute Gasteiger partial charge is 0.224 e. The molecule has 1 atom stereocenters. The molecule has 1 aliphatic rings. The molecule has 0 radical (unpaired) electrons. The molecule has 7 heteroatoms. The Hall–Kier alpha value is -2.18. The molecule has 1 fully saturated rings. The van der Waals surface area contributed by atoms with Crippen LogP contribution in [0.4, 0.5) is 0 Å². The fourth-order valence-electron chi connectivity index (χ4n) is 2.76. The standard InChI is InChI=1S/C14H20N6O/c1-12-7-16-19(8-12)6-4-14(21)18-5-2-3-13(9-18)20-11-15-10-17-20/h7-8,10-11,13H,2-6,9H2,1H3. The quantitative estimate of drug-likeness (QED) is 0.843. The summed E-state index contributed by atoms with van der Waals surface area (Å²) in [5.41, 5.74) is 1.12. The van der Waals surface area contributed by atoms with Crippen LogP contribution in [-0.4, -0.2) is 48.4 Å². The zero-order valence-electron chi connectivity index (χ0n) is 12.2. The van der Waals surface area contributed by atoms with Crippen LogP contribution in [0.3, 0.4) is 0 Å². The average molecular weight is 288 g/mol. The molecule has 1 unspecified atom stereocenters. The third-order valence-electron chi connectivity index (χ3n) is 3.88. The summed E-state index contributed by atoms with van der Waals surface area (Å²) in [4.78, 5) is 18.3. The molecule has 2 aromatic rings. The molecule has 7 nitrogen and oxygen atoms in total. The molecule has 0 bridgehead atoms. The number of carbonyl (C=O) groups is 1. The fourth-order valence-corrected chi connectivity index (χ4v) is 2.76. The normalized spacial score (nSPS) is 18.9. The van der Waals surface area contributed by atoms with E-state index in [9.17, 15) is 4.79 Å². The second-order valence-electron chi connectivity index (χ2n) is 5.54. The number of nitrogens with zero attached hydrogens (tertiary/aromatic N) is 6. The van der Waals surface area contributed by atoms with Crippen LogP contribution in [-0.2, 0) is 11.3 Å².